The predicted molar refractivity (Wildman–Crippen MR) is 87.8 cm³/mol. The van der Waals surface area contributed by atoms with Gasteiger partial charge in [0.25, 0.3) is 0 Å². The topological polar surface area (TPSA) is 48.3 Å². The Bertz CT molecular complexity index is 1140. The molecule has 0 aliphatic heterocycles. The van der Waals surface area contributed by atoms with Crippen LogP contribution in [0.1, 0.15) is 10.4 Å². The summed E-state index contributed by atoms with van der Waals surface area (Å²) in [5.74, 6) is -4.70. The van der Waals surface area contributed by atoms with E-state index in [2.05, 4.69) is 4.65 Å². The van der Waals surface area contributed by atoms with Crippen molar-refractivity contribution in [1.29, 1.82) is 0 Å². The van der Waals surface area contributed by atoms with Gasteiger partial charge in [-0.05, 0) is 24.3 Å². The number of carbonyl (C=O) groups excluding carboxylic acids is 1. The van der Waals surface area contributed by atoms with Crippen LogP contribution in [0.4, 0.5) is 21.8 Å². The van der Waals surface area contributed by atoms with Crippen LogP contribution in [0.2, 0.25) is 5.02 Å². The molecule has 0 saturated heterocycles. The molecule has 4 nitrogen and oxygen atoms in total. The summed E-state index contributed by atoms with van der Waals surface area (Å²) in [5, 5.41) is -0.856. The lowest BCUT2D eigenvalue weighted by atomic mass is 10.1. The molecule has 0 amide bonds. The average molecular weight is 401 g/mol. The monoisotopic (exact) mass is 401 g/mol. The van der Waals surface area contributed by atoms with Crippen molar-refractivity contribution in [3.63, 3.8) is 0 Å². The van der Waals surface area contributed by atoms with Gasteiger partial charge >= 0.3 is 13.4 Å². The van der Waals surface area contributed by atoms with E-state index in [0.717, 1.165) is 29.0 Å². The quantitative estimate of drug-likeness (QED) is 0.490. The molecular weight excluding hydrogens is 395 g/mol. The Hall–Kier alpha value is -2.88. The van der Waals surface area contributed by atoms with Crippen LogP contribution in [0.5, 0.6) is 0 Å². The zero-order valence-corrected chi connectivity index (χ0v) is 13.7. The zero-order valence-electron chi connectivity index (χ0n) is 13.0. The molecule has 0 radical (unpaired) electrons. The second-order valence-electron chi connectivity index (χ2n) is 5.29. The summed E-state index contributed by atoms with van der Waals surface area (Å²) in [6.45, 7) is 0. The van der Waals surface area contributed by atoms with Gasteiger partial charge in [0, 0.05) is 17.6 Å². The van der Waals surface area contributed by atoms with Gasteiger partial charge in [-0.1, -0.05) is 11.6 Å². The molecule has 3 rings (SSSR count). The van der Waals surface area contributed by atoms with E-state index >= 15 is 0 Å². The van der Waals surface area contributed by atoms with Crippen molar-refractivity contribution in [2.75, 3.05) is 0 Å². The first-order valence-corrected chi connectivity index (χ1v) is 7.56. The molecule has 1 aromatic heterocycles. The first-order valence-electron chi connectivity index (χ1n) is 7.18. The molecule has 1 heterocycles. The number of fused-ring (bicyclic) bond motifs is 1. The summed E-state index contributed by atoms with van der Waals surface area (Å²) in [5.41, 5.74) is -2.49. The molecule has 0 saturated carbocycles. The number of aromatic nitrogens is 1. The number of hydrogen-bond acceptors (Lipinski definition) is 3. The van der Waals surface area contributed by atoms with Gasteiger partial charge in [-0.2, -0.15) is 0 Å². The molecule has 11 heteroatoms. The molecule has 0 bridgehead atoms. The zero-order chi connectivity index (χ0) is 19.9. The summed E-state index contributed by atoms with van der Waals surface area (Å²) in [4.78, 5) is 24.2. The van der Waals surface area contributed by atoms with E-state index in [1.54, 1.807) is 0 Å². The standard InChI is InChI=1S/C16H6BClF5NO3/c18-10-5-14-8(4-11(10)20)15(25)9(16(26)27-17(22)23)6-24(14)13-2-1-7(19)3-12(13)21/h1-6H. The van der Waals surface area contributed by atoms with Crippen LogP contribution in [0.3, 0.4) is 0 Å². The molecule has 0 unspecified atom stereocenters. The third kappa shape index (κ3) is 3.52. The maximum atomic E-state index is 14.2. The highest BCUT2D eigenvalue weighted by Crippen LogP contribution is 2.25. The number of benzene rings is 2. The van der Waals surface area contributed by atoms with Gasteiger partial charge in [0.2, 0.25) is 5.43 Å². The second-order valence-corrected chi connectivity index (χ2v) is 5.69. The fourth-order valence-electron chi connectivity index (χ4n) is 2.49. The number of rotatable bonds is 3. The van der Waals surface area contributed by atoms with Gasteiger partial charge in [-0.3, -0.25) is 4.79 Å². The predicted octanol–water partition coefficient (Wildman–Crippen LogP) is 4.14. The van der Waals surface area contributed by atoms with Crippen LogP contribution < -0.4 is 5.43 Å². The lowest BCUT2D eigenvalue weighted by Gasteiger charge is -2.14. The fraction of sp³-hybridized carbons (Fsp3) is 0. The highest BCUT2D eigenvalue weighted by molar-refractivity contribution is 6.38. The van der Waals surface area contributed by atoms with Gasteiger partial charge in [0.1, 0.15) is 23.0 Å². The van der Waals surface area contributed by atoms with Crippen LogP contribution in [0, 0.1) is 17.5 Å². The normalized spacial score (nSPS) is 10.9. The first-order chi connectivity index (χ1) is 12.7. The number of halogens is 6. The number of nitrogens with zero attached hydrogens (tertiary/aromatic N) is 1. The average Bonchev–Trinajstić information content (AvgIpc) is 2.57. The van der Waals surface area contributed by atoms with Crippen LogP contribution in [-0.2, 0) is 4.65 Å². The Morgan fingerprint density at radius 1 is 1.07 bits per heavy atom. The van der Waals surface area contributed by atoms with Gasteiger partial charge in [-0.15, -0.1) is 0 Å². The van der Waals surface area contributed by atoms with Crippen LogP contribution >= 0.6 is 11.6 Å². The minimum Gasteiger partial charge on any atom is -0.474 e. The van der Waals surface area contributed by atoms with Crippen molar-refractivity contribution in [2.45, 2.75) is 0 Å². The lowest BCUT2D eigenvalue weighted by Crippen LogP contribution is -2.23. The Morgan fingerprint density at radius 2 is 1.78 bits per heavy atom. The molecule has 138 valence electrons. The van der Waals surface area contributed by atoms with Gasteiger partial charge < -0.3 is 9.22 Å². The molecule has 0 aliphatic rings. The van der Waals surface area contributed by atoms with Gasteiger partial charge in [0.15, 0.2) is 0 Å². The second kappa shape index (κ2) is 7.03. The summed E-state index contributed by atoms with van der Waals surface area (Å²) in [7, 11) is -3.51. The summed E-state index contributed by atoms with van der Waals surface area (Å²) >= 11 is 5.70. The number of pyridine rings is 1. The molecule has 0 atom stereocenters. The molecule has 0 spiro atoms. The summed E-state index contributed by atoms with van der Waals surface area (Å²) in [6, 6.07) is 4.07. The Morgan fingerprint density at radius 3 is 2.41 bits per heavy atom. The van der Waals surface area contributed by atoms with Crippen molar-refractivity contribution < 1.29 is 31.3 Å². The third-order valence-electron chi connectivity index (χ3n) is 3.63. The smallest absolute Gasteiger partial charge is 0.474 e. The van der Waals surface area contributed by atoms with E-state index in [1.165, 1.54) is 0 Å². The van der Waals surface area contributed by atoms with Crippen molar-refractivity contribution in [2.24, 2.45) is 0 Å². The SMILES string of the molecule is O=C(OB(F)F)c1cn(-c2ccc(F)cc2F)c2cc(Cl)c(F)cc2c1=O. The first kappa shape index (κ1) is 18.9. The third-order valence-corrected chi connectivity index (χ3v) is 3.92. The number of carbonyl (C=O) groups is 1. The van der Waals surface area contributed by atoms with E-state index in [9.17, 15) is 31.4 Å². The molecule has 3 aromatic rings. The highest BCUT2D eigenvalue weighted by atomic mass is 35.5. The van der Waals surface area contributed by atoms with Crippen LogP contribution in [0.15, 0.2) is 41.3 Å². The van der Waals surface area contributed by atoms with Crippen molar-refractivity contribution in [3.8, 4) is 5.69 Å². The molecule has 0 fully saturated rings. The molecular formula is C16H6BClF5NO3. The molecule has 2 aromatic carbocycles. The number of hydrogen-bond donors (Lipinski definition) is 0. The van der Waals surface area contributed by atoms with E-state index in [1.807, 2.05) is 0 Å². The Kier molecular flexibility index (Phi) is 4.92. The summed E-state index contributed by atoms with van der Waals surface area (Å²) in [6.07, 6.45) is 0.736. The van der Waals surface area contributed by atoms with Crippen LogP contribution in [-0.4, -0.2) is 18.0 Å². The van der Waals surface area contributed by atoms with Gasteiger partial charge in [0.05, 0.1) is 16.2 Å². The van der Waals surface area contributed by atoms with Gasteiger partial charge in [-0.25, -0.2) is 26.6 Å². The largest absolute Gasteiger partial charge is 0.798 e. The Balaban J connectivity index is 2.40. The summed E-state index contributed by atoms with van der Waals surface area (Å²) < 4.78 is 70.4. The highest BCUT2D eigenvalue weighted by Gasteiger charge is 2.26. The maximum absolute atomic E-state index is 14.2. The molecule has 27 heavy (non-hydrogen) atoms. The fourth-order valence-corrected chi connectivity index (χ4v) is 2.64. The van der Waals surface area contributed by atoms with Crippen LogP contribution in [0.25, 0.3) is 16.6 Å². The lowest BCUT2D eigenvalue weighted by molar-refractivity contribution is 0.0693. The molecule has 0 N–H and O–H groups in total. The minimum atomic E-state index is -3.51. The van der Waals surface area contributed by atoms with E-state index < -0.39 is 52.3 Å². The minimum absolute atomic E-state index is 0.134. The van der Waals surface area contributed by atoms with E-state index in [0.29, 0.717) is 12.1 Å². The van der Waals surface area contributed by atoms with Crippen molar-refractivity contribution >= 4 is 35.9 Å². The van der Waals surface area contributed by atoms with E-state index in [-0.39, 0.29) is 11.2 Å². The van der Waals surface area contributed by atoms with E-state index in [4.69, 9.17) is 11.6 Å². The maximum Gasteiger partial charge on any atom is 0.798 e. The van der Waals surface area contributed by atoms with Crippen molar-refractivity contribution in [3.05, 3.63) is 74.8 Å². The van der Waals surface area contributed by atoms with Crippen molar-refractivity contribution in [1.82, 2.24) is 4.57 Å². The molecule has 0 aliphatic carbocycles. The Labute approximate surface area is 152 Å².